The topological polar surface area (TPSA) is 65.8 Å². The van der Waals surface area contributed by atoms with E-state index in [1.165, 1.54) is 26.0 Å². The van der Waals surface area contributed by atoms with E-state index in [1.54, 1.807) is 0 Å². The Kier molecular flexibility index (Phi) is 5.48. The maximum absolute atomic E-state index is 12.1. The van der Waals surface area contributed by atoms with Gasteiger partial charge in [0.25, 0.3) is 0 Å². The summed E-state index contributed by atoms with van der Waals surface area (Å²) in [5, 5.41) is 9.80. The Balaban J connectivity index is 3.23. The van der Waals surface area contributed by atoms with Gasteiger partial charge in [-0.25, -0.2) is 4.98 Å². The Labute approximate surface area is 124 Å². The highest BCUT2D eigenvalue weighted by Crippen LogP contribution is 2.21. The highest BCUT2D eigenvalue weighted by Gasteiger charge is 2.26. The minimum absolute atomic E-state index is 0.0399. The van der Waals surface area contributed by atoms with Crippen LogP contribution in [0, 0.1) is 5.41 Å². The van der Waals surface area contributed by atoms with Crippen LogP contribution in [0.2, 0.25) is 5.15 Å². The zero-order valence-corrected chi connectivity index (χ0v) is 12.1. The molecule has 0 spiro atoms. The fourth-order valence-electron chi connectivity index (χ4n) is 1.55. The number of allylic oxidation sites excluding steroid dienone is 1. The Morgan fingerprint density at radius 2 is 2.05 bits per heavy atom. The van der Waals surface area contributed by atoms with E-state index in [9.17, 15) is 18.0 Å². The predicted molar refractivity (Wildman–Crippen MR) is 74.7 cm³/mol. The predicted octanol–water partition coefficient (Wildman–Crippen LogP) is 3.47. The highest BCUT2D eigenvalue weighted by atomic mass is 35.5. The van der Waals surface area contributed by atoms with Crippen molar-refractivity contribution in [2.75, 3.05) is 6.54 Å². The molecule has 0 fully saturated rings. The number of carbonyl (C=O) groups is 1. The number of hydrogen-bond acceptors (Lipinski definition) is 4. The van der Waals surface area contributed by atoms with Crippen molar-refractivity contribution in [1.82, 2.24) is 10.3 Å². The van der Waals surface area contributed by atoms with E-state index in [-0.39, 0.29) is 33.5 Å². The molecule has 4 nitrogen and oxygen atoms in total. The third kappa shape index (κ3) is 5.18. The number of ketones is 1. The summed E-state index contributed by atoms with van der Waals surface area (Å²) in [5.41, 5.74) is 0.303. The van der Waals surface area contributed by atoms with Gasteiger partial charge in [-0.1, -0.05) is 11.6 Å². The number of nitrogens with one attached hydrogen (secondary N) is 2. The molecule has 1 aromatic rings. The largest absolute Gasteiger partial charge is 0.405 e. The van der Waals surface area contributed by atoms with Crippen LogP contribution < -0.4 is 5.32 Å². The summed E-state index contributed by atoms with van der Waals surface area (Å²) in [4.78, 5) is 15.5. The fraction of sp³-hybridized carbons (Fsp3) is 0.308. The van der Waals surface area contributed by atoms with Crippen LogP contribution in [-0.4, -0.2) is 29.2 Å². The molecule has 0 aliphatic heterocycles. The Morgan fingerprint density at radius 1 is 1.43 bits per heavy atom. The second-order valence-corrected chi connectivity index (χ2v) is 4.65. The maximum atomic E-state index is 12.1. The van der Waals surface area contributed by atoms with Crippen LogP contribution in [-0.2, 0) is 0 Å². The van der Waals surface area contributed by atoms with Crippen molar-refractivity contribution < 1.29 is 18.0 Å². The van der Waals surface area contributed by atoms with Crippen molar-refractivity contribution in [2.45, 2.75) is 20.0 Å². The molecular weight excluding hydrogens is 307 g/mol. The van der Waals surface area contributed by atoms with Crippen molar-refractivity contribution >= 4 is 28.7 Å². The van der Waals surface area contributed by atoms with Gasteiger partial charge >= 0.3 is 6.18 Å². The Morgan fingerprint density at radius 3 is 2.52 bits per heavy atom. The second kappa shape index (κ2) is 6.71. The molecule has 0 amide bonds. The van der Waals surface area contributed by atoms with E-state index < -0.39 is 12.7 Å². The first-order chi connectivity index (χ1) is 9.61. The molecule has 1 aromatic heterocycles. The number of alkyl halides is 3. The second-order valence-electron chi connectivity index (χ2n) is 4.27. The average Bonchev–Trinajstić information content (AvgIpc) is 2.32. The molecule has 8 heteroatoms. The fourth-order valence-corrected chi connectivity index (χ4v) is 1.70. The normalized spacial score (nSPS) is 12.2. The van der Waals surface area contributed by atoms with E-state index >= 15 is 0 Å². The van der Waals surface area contributed by atoms with Gasteiger partial charge < -0.3 is 10.7 Å². The zero-order valence-electron chi connectivity index (χ0n) is 11.3. The number of carbonyl (C=O) groups excluding carboxylic acids is 1. The van der Waals surface area contributed by atoms with Crippen LogP contribution >= 0.6 is 11.6 Å². The first-order valence-corrected chi connectivity index (χ1v) is 6.23. The molecule has 1 heterocycles. The number of Topliss-reactive ketones (excluding diaryl/α,β-unsaturated/α-hetero) is 1. The van der Waals surface area contributed by atoms with Crippen LogP contribution in [0.15, 0.2) is 18.3 Å². The summed E-state index contributed by atoms with van der Waals surface area (Å²) < 4.78 is 36.4. The third-order valence-corrected chi connectivity index (χ3v) is 2.66. The van der Waals surface area contributed by atoms with Gasteiger partial charge in [0.2, 0.25) is 0 Å². The lowest BCUT2D eigenvalue weighted by Crippen LogP contribution is -2.25. The van der Waals surface area contributed by atoms with Gasteiger partial charge in [-0.05, 0) is 26.0 Å². The third-order valence-electron chi connectivity index (χ3n) is 2.45. The van der Waals surface area contributed by atoms with E-state index in [0.29, 0.717) is 0 Å². The van der Waals surface area contributed by atoms with Gasteiger partial charge in [-0.15, -0.1) is 0 Å². The molecule has 0 bridgehead atoms. The maximum Gasteiger partial charge on any atom is 0.405 e. The van der Waals surface area contributed by atoms with Gasteiger partial charge in [-0.2, -0.15) is 13.2 Å². The zero-order chi connectivity index (χ0) is 16.2. The quantitative estimate of drug-likeness (QED) is 0.496. The lowest BCUT2D eigenvalue weighted by atomic mass is 10.0. The monoisotopic (exact) mass is 319 g/mol. The smallest absolute Gasteiger partial charge is 0.382 e. The van der Waals surface area contributed by atoms with Gasteiger partial charge in [0.05, 0.1) is 5.69 Å². The lowest BCUT2D eigenvalue weighted by molar-refractivity contribution is -0.122. The standard InChI is InChI=1S/C13H13ClF3N3O/c1-7(18)10(5-19-6-13(15,16)17)12-9(8(2)21)3-4-11(14)20-12/h3-5,18-19H,6H2,1-2H3/b10-5+,18-7?. The SMILES string of the molecule is CC(=N)/C(=C\NCC(F)(F)F)c1nc(Cl)ccc1C(C)=O. The minimum Gasteiger partial charge on any atom is -0.382 e. The van der Waals surface area contributed by atoms with Crippen molar-refractivity contribution in [2.24, 2.45) is 0 Å². The molecule has 0 saturated heterocycles. The van der Waals surface area contributed by atoms with Gasteiger partial charge in [0.1, 0.15) is 11.7 Å². The van der Waals surface area contributed by atoms with Crippen LogP contribution in [0.3, 0.4) is 0 Å². The number of nitrogens with zero attached hydrogens (tertiary/aromatic N) is 1. The summed E-state index contributed by atoms with van der Waals surface area (Å²) in [6, 6.07) is 2.83. The summed E-state index contributed by atoms with van der Waals surface area (Å²) in [6.07, 6.45) is -3.37. The number of halogens is 4. The van der Waals surface area contributed by atoms with Gasteiger partial charge in [0, 0.05) is 23.0 Å². The van der Waals surface area contributed by atoms with Gasteiger partial charge in [-0.3, -0.25) is 4.79 Å². The summed E-state index contributed by atoms with van der Waals surface area (Å²) >= 11 is 5.76. The van der Waals surface area contributed by atoms with Crippen molar-refractivity contribution in [3.05, 3.63) is 34.7 Å². The van der Waals surface area contributed by atoms with Crippen molar-refractivity contribution in [1.29, 1.82) is 5.41 Å². The Hall–Kier alpha value is -1.89. The molecule has 0 aromatic carbocycles. The first-order valence-electron chi connectivity index (χ1n) is 5.85. The molecule has 114 valence electrons. The molecule has 1 rings (SSSR count). The molecule has 0 aliphatic rings. The molecule has 0 atom stereocenters. The number of hydrogen-bond donors (Lipinski definition) is 2. The van der Waals surface area contributed by atoms with Crippen LogP contribution in [0.1, 0.15) is 29.9 Å². The summed E-state index contributed by atoms with van der Waals surface area (Å²) in [6.45, 7) is 1.43. The minimum atomic E-state index is -4.39. The number of aromatic nitrogens is 1. The molecule has 2 N–H and O–H groups in total. The van der Waals surface area contributed by atoms with E-state index in [2.05, 4.69) is 10.3 Å². The highest BCUT2D eigenvalue weighted by molar-refractivity contribution is 6.30. The molecule has 21 heavy (non-hydrogen) atoms. The van der Waals surface area contributed by atoms with Crippen molar-refractivity contribution in [3.63, 3.8) is 0 Å². The number of pyridine rings is 1. The lowest BCUT2D eigenvalue weighted by Gasteiger charge is -2.12. The van der Waals surface area contributed by atoms with Crippen LogP contribution in [0.5, 0.6) is 0 Å². The average molecular weight is 320 g/mol. The van der Waals surface area contributed by atoms with Crippen molar-refractivity contribution in [3.8, 4) is 0 Å². The van der Waals surface area contributed by atoms with Gasteiger partial charge in [0.15, 0.2) is 5.78 Å². The molecule has 0 unspecified atom stereocenters. The number of rotatable bonds is 5. The van der Waals surface area contributed by atoms with Crippen LogP contribution in [0.25, 0.3) is 5.57 Å². The molecule has 0 radical (unpaired) electrons. The molecule has 0 aliphatic carbocycles. The van der Waals surface area contributed by atoms with E-state index in [0.717, 1.165) is 6.20 Å². The molecular formula is C13H13ClF3N3O. The van der Waals surface area contributed by atoms with E-state index in [4.69, 9.17) is 17.0 Å². The first kappa shape index (κ1) is 17.2. The van der Waals surface area contributed by atoms with Crippen LogP contribution in [0.4, 0.5) is 13.2 Å². The Bertz CT molecular complexity index is 597. The van der Waals surface area contributed by atoms with E-state index in [1.807, 2.05) is 0 Å². The summed E-state index contributed by atoms with van der Waals surface area (Å²) in [7, 11) is 0. The summed E-state index contributed by atoms with van der Waals surface area (Å²) in [5.74, 6) is -0.322. The molecule has 0 saturated carbocycles.